The normalized spacial score (nSPS) is 11.7. The number of benzene rings is 4. The van der Waals surface area contributed by atoms with Crippen LogP contribution in [-0.2, 0) is 20.4 Å². The maximum atomic E-state index is 10.2. The molecule has 4 aromatic rings. The average molecular weight is 527 g/mol. The summed E-state index contributed by atoms with van der Waals surface area (Å²) >= 11 is 0. The summed E-state index contributed by atoms with van der Waals surface area (Å²) in [7, 11) is 0. The van der Waals surface area contributed by atoms with Crippen LogP contribution in [0.1, 0.15) is 25.0 Å². The van der Waals surface area contributed by atoms with E-state index in [0.29, 0.717) is 11.1 Å². The Morgan fingerprint density at radius 2 is 0.848 bits per heavy atom. The Labute approximate surface area is 207 Å². The fourth-order valence-corrected chi connectivity index (χ4v) is 3.64. The molecular weight excluding hydrogens is 503 g/mol. The average Bonchev–Trinajstić information content (AvgIpc) is 2.80. The summed E-state index contributed by atoms with van der Waals surface area (Å²) in [6, 6.07) is 30.1. The Morgan fingerprint density at radius 3 is 1.24 bits per heavy atom. The molecule has 0 amide bonds. The van der Waals surface area contributed by atoms with E-state index >= 15 is 0 Å². The number of aliphatic imine (C=N–C) groups is 2. The Morgan fingerprint density at radius 1 is 0.515 bits per heavy atom. The fraction of sp³-hybridized carbons (Fsp3) is 0.0714. The minimum atomic E-state index is 0. The molecule has 0 aliphatic rings. The van der Waals surface area contributed by atoms with Gasteiger partial charge >= 0.3 is 0 Å². The third-order valence-electron chi connectivity index (χ3n) is 5.26. The molecule has 0 aliphatic carbocycles. The van der Waals surface area contributed by atoms with Crippen LogP contribution in [0.15, 0.2) is 107 Å². The second kappa shape index (κ2) is 10.9. The van der Waals surface area contributed by atoms with Crippen LogP contribution < -0.4 is 0 Å². The zero-order valence-electron chi connectivity index (χ0n) is 18.3. The van der Waals surface area contributed by atoms with Crippen molar-refractivity contribution in [2.75, 3.05) is 0 Å². The Hall–Kier alpha value is -3.52. The third-order valence-corrected chi connectivity index (χ3v) is 5.26. The van der Waals surface area contributed by atoms with Crippen LogP contribution in [0.5, 0.6) is 11.5 Å². The van der Waals surface area contributed by atoms with Crippen molar-refractivity contribution >= 4 is 22.8 Å². The van der Waals surface area contributed by atoms with Gasteiger partial charge in [-0.15, -0.1) is 0 Å². The van der Waals surface area contributed by atoms with E-state index in [1.807, 2.05) is 86.6 Å². The van der Waals surface area contributed by atoms with E-state index in [4.69, 9.17) is 9.98 Å². The van der Waals surface area contributed by atoms with Gasteiger partial charge in [-0.05, 0) is 50.2 Å². The van der Waals surface area contributed by atoms with Gasteiger partial charge in [0.2, 0.25) is 0 Å². The van der Waals surface area contributed by atoms with Gasteiger partial charge in [0.25, 0.3) is 0 Å². The molecule has 4 aromatic carbocycles. The second-order valence-corrected chi connectivity index (χ2v) is 7.46. The molecule has 0 saturated carbocycles. The van der Waals surface area contributed by atoms with Gasteiger partial charge in [-0.3, -0.25) is 9.98 Å². The first-order valence-electron chi connectivity index (χ1n) is 10.4. The van der Waals surface area contributed by atoms with Gasteiger partial charge in [-0.2, -0.15) is 0 Å². The smallest absolute Gasteiger partial charge is 0.124 e. The molecule has 168 valence electrons. The van der Waals surface area contributed by atoms with Crippen molar-refractivity contribution in [3.63, 3.8) is 0 Å². The van der Waals surface area contributed by atoms with Crippen LogP contribution in [0.4, 0.5) is 11.4 Å². The summed E-state index contributed by atoms with van der Waals surface area (Å²) in [5, 5.41) is 20.4. The van der Waals surface area contributed by atoms with E-state index in [0.717, 1.165) is 33.9 Å². The Balaban J connectivity index is 0.00000306. The molecule has 4 nitrogen and oxygen atoms in total. The van der Waals surface area contributed by atoms with Gasteiger partial charge in [-0.25, -0.2) is 0 Å². The van der Waals surface area contributed by atoms with Gasteiger partial charge in [0, 0.05) is 54.1 Å². The molecule has 0 saturated heterocycles. The van der Waals surface area contributed by atoms with Crippen LogP contribution in [0.2, 0.25) is 0 Å². The summed E-state index contributed by atoms with van der Waals surface area (Å²) in [4.78, 5) is 9.65. The number of phenols is 2. The second-order valence-electron chi connectivity index (χ2n) is 7.46. The number of hydrogen-bond donors (Lipinski definition) is 2. The quantitative estimate of drug-likeness (QED) is 0.216. The van der Waals surface area contributed by atoms with Crippen molar-refractivity contribution in [3.05, 3.63) is 108 Å². The van der Waals surface area contributed by atoms with Crippen molar-refractivity contribution in [3.8, 4) is 22.6 Å². The molecule has 0 aliphatic heterocycles. The summed E-state index contributed by atoms with van der Waals surface area (Å²) in [6.07, 6.45) is 0. The van der Waals surface area contributed by atoms with Gasteiger partial charge in [0.1, 0.15) is 11.5 Å². The van der Waals surface area contributed by atoms with Crippen LogP contribution in [0.25, 0.3) is 11.1 Å². The zero-order valence-corrected chi connectivity index (χ0v) is 19.9. The topological polar surface area (TPSA) is 65.2 Å². The summed E-state index contributed by atoms with van der Waals surface area (Å²) in [5.74, 6) is 0.407. The van der Waals surface area contributed by atoms with Gasteiger partial charge < -0.3 is 10.2 Å². The number of phenolic OH excluding ortho intramolecular Hbond substituents is 2. The molecule has 0 aromatic heterocycles. The van der Waals surface area contributed by atoms with Gasteiger partial charge in [0.15, 0.2) is 0 Å². The maximum absolute atomic E-state index is 10.2. The predicted molar refractivity (Wildman–Crippen MR) is 132 cm³/mol. The van der Waals surface area contributed by atoms with Crippen LogP contribution in [0, 0.1) is 0 Å². The Kier molecular flexibility index (Phi) is 7.95. The van der Waals surface area contributed by atoms with Crippen LogP contribution in [0.3, 0.4) is 0 Å². The number of aromatic hydroxyl groups is 2. The van der Waals surface area contributed by atoms with E-state index in [9.17, 15) is 10.2 Å². The number of hydrogen-bond acceptors (Lipinski definition) is 4. The van der Waals surface area contributed by atoms with E-state index in [-0.39, 0.29) is 31.9 Å². The van der Waals surface area contributed by atoms with Gasteiger partial charge in [0.05, 0.1) is 11.4 Å². The van der Waals surface area contributed by atoms with E-state index < -0.39 is 0 Å². The molecule has 0 unspecified atom stereocenters. The minimum Gasteiger partial charge on any atom is -0.507 e. The van der Waals surface area contributed by atoms with Crippen molar-refractivity contribution in [1.82, 2.24) is 0 Å². The minimum absolute atomic E-state index is 0. The first-order chi connectivity index (χ1) is 15.5. The Bertz CT molecular complexity index is 1230. The van der Waals surface area contributed by atoms with Gasteiger partial charge in [-0.1, -0.05) is 60.7 Å². The van der Waals surface area contributed by atoms with Crippen LogP contribution >= 0.6 is 0 Å². The predicted octanol–water partition coefficient (Wildman–Crippen LogP) is 7.04. The van der Waals surface area contributed by atoms with Crippen molar-refractivity contribution in [2.24, 2.45) is 9.98 Å². The molecule has 0 spiro atoms. The first kappa shape index (κ1) is 24.1. The van der Waals surface area contributed by atoms with Crippen LogP contribution in [-0.4, -0.2) is 21.6 Å². The summed E-state index contributed by atoms with van der Waals surface area (Å²) in [6.45, 7) is 3.77. The molecule has 0 heterocycles. The van der Waals surface area contributed by atoms with E-state index in [1.54, 1.807) is 24.3 Å². The number of rotatable bonds is 5. The molecular formula is C28H24N2O2Pd. The molecule has 0 atom stereocenters. The molecule has 4 rings (SSSR count). The molecule has 0 fully saturated rings. The largest absolute Gasteiger partial charge is 0.507 e. The van der Waals surface area contributed by atoms with E-state index in [2.05, 4.69) is 0 Å². The SMILES string of the molecule is CC(=Nc1ccccc1-c1ccccc1N=C(C)c1ccccc1O)c1ccccc1O.[Pd]. The molecule has 2 N–H and O–H groups in total. The standard InChI is InChI=1S/C28H24N2O2.Pd/c1-19(21-11-5-9-17-27(21)31)29-25-15-7-3-13-23(25)24-14-4-8-16-26(24)30-20(2)22-12-6-10-18-28(22)32;/h3-18,31-32H,1-2H3;. The summed E-state index contributed by atoms with van der Waals surface area (Å²) in [5.41, 5.74) is 6.29. The number of nitrogens with zero attached hydrogens (tertiary/aromatic N) is 2. The fourth-order valence-electron chi connectivity index (χ4n) is 3.64. The van der Waals surface area contributed by atoms with Crippen molar-refractivity contribution in [2.45, 2.75) is 13.8 Å². The van der Waals surface area contributed by atoms with Crippen molar-refractivity contribution in [1.29, 1.82) is 0 Å². The number of para-hydroxylation sites is 4. The molecule has 0 bridgehead atoms. The summed E-state index contributed by atoms with van der Waals surface area (Å²) < 4.78 is 0. The first-order valence-corrected chi connectivity index (χ1v) is 10.4. The molecule has 0 radical (unpaired) electrons. The molecule has 33 heavy (non-hydrogen) atoms. The zero-order chi connectivity index (χ0) is 22.5. The monoisotopic (exact) mass is 526 g/mol. The maximum Gasteiger partial charge on any atom is 0.124 e. The van der Waals surface area contributed by atoms with Crippen molar-refractivity contribution < 1.29 is 30.6 Å². The third kappa shape index (κ3) is 5.46. The molecule has 5 heteroatoms. The van der Waals surface area contributed by atoms with E-state index in [1.165, 1.54) is 0 Å².